The SMILES string of the molecule is CCNCC([SiH3])(OC)OC. The van der Waals surface area contributed by atoms with E-state index in [1.165, 1.54) is 0 Å². The number of nitrogens with one attached hydrogen (secondary N) is 1. The van der Waals surface area contributed by atoms with Crippen LogP contribution in [0, 0.1) is 0 Å². The van der Waals surface area contributed by atoms with Crippen molar-refractivity contribution >= 4 is 10.2 Å². The van der Waals surface area contributed by atoms with Crippen LogP contribution in [0.25, 0.3) is 0 Å². The van der Waals surface area contributed by atoms with Crippen LogP contribution in [0.15, 0.2) is 0 Å². The van der Waals surface area contributed by atoms with Gasteiger partial charge in [-0.3, -0.25) is 0 Å². The van der Waals surface area contributed by atoms with Crippen LogP contribution in [0.2, 0.25) is 0 Å². The van der Waals surface area contributed by atoms with Crippen LogP contribution in [-0.2, 0) is 9.47 Å². The molecule has 4 heteroatoms. The third-order valence-electron chi connectivity index (χ3n) is 1.56. The smallest absolute Gasteiger partial charge is 0.152 e. The minimum Gasteiger partial charge on any atom is -0.357 e. The number of likely N-dealkylation sites (N-methyl/N-ethyl adjacent to an activating group) is 1. The Hall–Kier alpha value is 0.0969. The van der Waals surface area contributed by atoms with Crippen molar-refractivity contribution < 1.29 is 9.47 Å². The summed E-state index contributed by atoms with van der Waals surface area (Å²) in [5, 5.41) is 3.18. The van der Waals surface area contributed by atoms with Gasteiger partial charge in [0.1, 0.15) is 0 Å². The van der Waals surface area contributed by atoms with Crippen molar-refractivity contribution in [3.05, 3.63) is 0 Å². The molecule has 0 radical (unpaired) electrons. The summed E-state index contributed by atoms with van der Waals surface area (Å²) >= 11 is 0. The fraction of sp³-hybridized carbons (Fsp3) is 1.00. The van der Waals surface area contributed by atoms with E-state index < -0.39 is 0 Å². The quantitative estimate of drug-likeness (QED) is 0.412. The van der Waals surface area contributed by atoms with Gasteiger partial charge in [0.2, 0.25) is 0 Å². The van der Waals surface area contributed by atoms with Gasteiger partial charge in [0, 0.05) is 20.8 Å². The molecule has 0 aromatic rings. The predicted molar refractivity (Wildman–Crippen MR) is 45.2 cm³/mol. The van der Waals surface area contributed by atoms with Crippen LogP contribution < -0.4 is 5.32 Å². The molecule has 10 heavy (non-hydrogen) atoms. The molecule has 0 aliphatic carbocycles. The molecule has 0 heterocycles. The van der Waals surface area contributed by atoms with E-state index in [9.17, 15) is 0 Å². The molecular weight excluding hydrogens is 146 g/mol. The zero-order chi connectivity index (χ0) is 8.04. The van der Waals surface area contributed by atoms with E-state index in [0.29, 0.717) is 0 Å². The maximum Gasteiger partial charge on any atom is 0.152 e. The number of hydrogen-bond acceptors (Lipinski definition) is 3. The van der Waals surface area contributed by atoms with Gasteiger partial charge in [-0.1, -0.05) is 6.92 Å². The Morgan fingerprint density at radius 3 is 2.20 bits per heavy atom. The largest absolute Gasteiger partial charge is 0.357 e. The van der Waals surface area contributed by atoms with Crippen LogP contribution in [-0.4, -0.2) is 43.0 Å². The monoisotopic (exact) mass is 163 g/mol. The van der Waals surface area contributed by atoms with Gasteiger partial charge < -0.3 is 14.8 Å². The summed E-state index contributed by atoms with van der Waals surface area (Å²) in [5.41, 5.74) is -0.337. The lowest BCUT2D eigenvalue weighted by atomic mass is 10.5. The number of hydrogen-bond donors (Lipinski definition) is 1. The van der Waals surface area contributed by atoms with E-state index >= 15 is 0 Å². The third-order valence-corrected chi connectivity index (χ3v) is 2.73. The van der Waals surface area contributed by atoms with E-state index in [1.54, 1.807) is 14.2 Å². The van der Waals surface area contributed by atoms with Crippen LogP contribution in [0.1, 0.15) is 6.92 Å². The Labute approximate surface area is 65.5 Å². The second-order valence-corrected chi connectivity index (χ2v) is 3.85. The molecule has 0 spiro atoms. The molecule has 0 aromatic heterocycles. The molecule has 0 rings (SSSR count). The van der Waals surface area contributed by atoms with Crippen molar-refractivity contribution in [2.75, 3.05) is 27.3 Å². The van der Waals surface area contributed by atoms with Crippen molar-refractivity contribution in [2.45, 2.75) is 12.3 Å². The Balaban J connectivity index is 3.58. The van der Waals surface area contributed by atoms with E-state index in [2.05, 4.69) is 12.2 Å². The van der Waals surface area contributed by atoms with E-state index in [-0.39, 0.29) is 5.41 Å². The summed E-state index contributed by atoms with van der Waals surface area (Å²) in [7, 11) is 4.23. The Bertz CT molecular complexity index is 85.8. The standard InChI is InChI=1S/C6H17NO2Si/c1-4-7-5-6(10,8-2)9-3/h7H,4-5H2,1-3,10H3. The first kappa shape index (κ1) is 10.1. The van der Waals surface area contributed by atoms with Crippen molar-refractivity contribution in [3.63, 3.8) is 0 Å². The Morgan fingerprint density at radius 2 is 1.90 bits per heavy atom. The summed E-state index contributed by atoms with van der Waals surface area (Å²) in [6.07, 6.45) is 0. The van der Waals surface area contributed by atoms with E-state index in [1.807, 2.05) is 0 Å². The molecule has 0 amide bonds. The van der Waals surface area contributed by atoms with E-state index in [0.717, 1.165) is 23.3 Å². The fourth-order valence-corrected chi connectivity index (χ4v) is 0.830. The highest BCUT2D eigenvalue weighted by Crippen LogP contribution is 2.02. The number of methoxy groups -OCH3 is 2. The molecule has 0 unspecified atom stereocenters. The predicted octanol–water partition coefficient (Wildman–Crippen LogP) is -1.09. The van der Waals surface area contributed by atoms with Crippen LogP contribution in [0.5, 0.6) is 0 Å². The van der Waals surface area contributed by atoms with Crippen LogP contribution in [0.4, 0.5) is 0 Å². The normalized spacial score (nSPS) is 12.3. The molecule has 0 aliphatic heterocycles. The summed E-state index contributed by atoms with van der Waals surface area (Å²) in [6.45, 7) is 3.80. The van der Waals surface area contributed by atoms with E-state index in [4.69, 9.17) is 9.47 Å². The minimum atomic E-state index is -0.337. The molecule has 0 aliphatic rings. The van der Waals surface area contributed by atoms with Gasteiger partial charge in [0.05, 0.1) is 10.2 Å². The van der Waals surface area contributed by atoms with Crippen molar-refractivity contribution in [3.8, 4) is 0 Å². The van der Waals surface area contributed by atoms with Gasteiger partial charge in [-0.15, -0.1) is 0 Å². The summed E-state index contributed by atoms with van der Waals surface area (Å²) in [6, 6.07) is 0. The lowest BCUT2D eigenvalue weighted by molar-refractivity contribution is -0.138. The highest BCUT2D eigenvalue weighted by atomic mass is 28.1. The van der Waals surface area contributed by atoms with Crippen LogP contribution in [0.3, 0.4) is 0 Å². The van der Waals surface area contributed by atoms with Crippen molar-refractivity contribution in [1.29, 1.82) is 0 Å². The molecule has 0 aromatic carbocycles. The van der Waals surface area contributed by atoms with Gasteiger partial charge in [0.15, 0.2) is 5.41 Å². The van der Waals surface area contributed by atoms with Gasteiger partial charge in [-0.05, 0) is 6.54 Å². The summed E-state index contributed by atoms with van der Waals surface area (Å²) < 4.78 is 10.3. The maximum absolute atomic E-state index is 5.17. The molecule has 0 bridgehead atoms. The fourth-order valence-electron chi connectivity index (χ4n) is 0.580. The molecular formula is C6H17NO2Si. The average molecular weight is 163 g/mol. The molecule has 0 fully saturated rings. The summed E-state index contributed by atoms with van der Waals surface area (Å²) in [5.74, 6) is 0. The van der Waals surface area contributed by atoms with Gasteiger partial charge in [0.25, 0.3) is 0 Å². The molecule has 0 saturated carbocycles. The first-order valence-corrected chi connectivity index (χ1v) is 4.49. The zero-order valence-corrected chi connectivity index (χ0v) is 9.23. The molecule has 0 saturated heterocycles. The first-order valence-electron chi connectivity index (χ1n) is 3.49. The second-order valence-electron chi connectivity index (χ2n) is 2.32. The summed E-state index contributed by atoms with van der Waals surface area (Å²) in [4.78, 5) is 0. The number of ether oxygens (including phenoxy) is 2. The molecule has 62 valence electrons. The van der Waals surface area contributed by atoms with Gasteiger partial charge in [-0.25, -0.2) is 0 Å². The lowest BCUT2D eigenvalue weighted by Crippen LogP contribution is -2.44. The minimum absolute atomic E-state index is 0.337. The van der Waals surface area contributed by atoms with Crippen molar-refractivity contribution in [2.24, 2.45) is 0 Å². The molecule has 1 N–H and O–H groups in total. The van der Waals surface area contributed by atoms with Crippen LogP contribution >= 0.6 is 0 Å². The third kappa shape index (κ3) is 3.31. The van der Waals surface area contributed by atoms with Crippen molar-refractivity contribution in [1.82, 2.24) is 5.32 Å². The second kappa shape index (κ2) is 4.84. The average Bonchev–Trinajstić information content (AvgIpc) is 2.00. The maximum atomic E-state index is 5.17. The molecule has 3 nitrogen and oxygen atoms in total. The topological polar surface area (TPSA) is 30.5 Å². The Kier molecular flexibility index (Phi) is 4.89. The number of rotatable bonds is 5. The molecule has 0 atom stereocenters. The highest BCUT2D eigenvalue weighted by molar-refractivity contribution is 6.13. The lowest BCUT2D eigenvalue weighted by Gasteiger charge is -2.26. The van der Waals surface area contributed by atoms with Gasteiger partial charge >= 0.3 is 0 Å². The zero-order valence-electron chi connectivity index (χ0n) is 7.23. The Morgan fingerprint density at radius 1 is 1.40 bits per heavy atom. The highest BCUT2D eigenvalue weighted by Gasteiger charge is 2.20. The first-order chi connectivity index (χ1) is 4.68. The van der Waals surface area contributed by atoms with Gasteiger partial charge in [-0.2, -0.15) is 0 Å².